The van der Waals surface area contributed by atoms with Gasteiger partial charge >= 0.3 is 5.97 Å². The van der Waals surface area contributed by atoms with Gasteiger partial charge in [0.25, 0.3) is 10.0 Å². The van der Waals surface area contributed by atoms with Gasteiger partial charge in [-0.1, -0.05) is 97.1 Å². The van der Waals surface area contributed by atoms with Gasteiger partial charge in [0.05, 0.1) is 16.1 Å². The average molecular weight is 560 g/mol. The first kappa shape index (κ1) is 26.1. The first-order valence-corrected chi connectivity index (χ1v) is 14.5. The zero-order valence-electron chi connectivity index (χ0n) is 21.8. The lowest BCUT2D eigenvalue weighted by molar-refractivity contribution is 0.0698. The molecular formula is C34H25NO5S. The number of rotatable bonds is 8. The Bertz CT molecular complexity index is 2030. The molecular weight excluding hydrogens is 534 g/mol. The predicted octanol–water partition coefficient (Wildman–Crippen LogP) is 7.74. The molecule has 41 heavy (non-hydrogen) atoms. The van der Waals surface area contributed by atoms with Crippen molar-refractivity contribution in [3.05, 3.63) is 139 Å². The average Bonchev–Trinajstić information content (AvgIpc) is 3.00. The smallest absolute Gasteiger partial charge is 0.337 e. The number of hydrogen-bond donors (Lipinski definition) is 2. The van der Waals surface area contributed by atoms with E-state index in [0.29, 0.717) is 5.56 Å². The van der Waals surface area contributed by atoms with Crippen molar-refractivity contribution >= 4 is 43.2 Å². The zero-order chi connectivity index (χ0) is 28.4. The number of anilines is 1. The molecule has 0 amide bonds. The fourth-order valence-electron chi connectivity index (χ4n) is 4.92. The highest BCUT2D eigenvalue weighted by Crippen LogP contribution is 2.32. The molecule has 0 spiro atoms. The third-order valence-corrected chi connectivity index (χ3v) is 8.35. The number of sulfonamides is 1. The quantitative estimate of drug-likeness (QED) is 0.199. The molecule has 6 aromatic rings. The van der Waals surface area contributed by atoms with Crippen molar-refractivity contribution in [2.75, 3.05) is 4.72 Å². The first-order valence-electron chi connectivity index (χ1n) is 13.0. The number of ether oxygens (including phenoxy) is 1. The first-order chi connectivity index (χ1) is 19.9. The Kier molecular flexibility index (Phi) is 6.87. The molecule has 0 bridgehead atoms. The van der Waals surface area contributed by atoms with E-state index in [1.165, 1.54) is 18.2 Å². The summed E-state index contributed by atoms with van der Waals surface area (Å²) in [5.74, 6) is -0.491. The Labute approximate surface area is 237 Å². The van der Waals surface area contributed by atoms with Gasteiger partial charge in [0.1, 0.15) is 12.4 Å². The molecule has 2 N–H and O–H groups in total. The molecule has 0 heterocycles. The molecule has 0 aliphatic carbocycles. The van der Waals surface area contributed by atoms with Crippen LogP contribution in [0.2, 0.25) is 0 Å². The van der Waals surface area contributed by atoms with Crippen LogP contribution in [-0.4, -0.2) is 19.5 Å². The minimum atomic E-state index is -4.04. The molecule has 0 radical (unpaired) electrons. The summed E-state index contributed by atoms with van der Waals surface area (Å²) in [5, 5.41) is 13.8. The van der Waals surface area contributed by atoms with Crippen LogP contribution in [0.5, 0.6) is 5.75 Å². The number of carboxylic acid groups (broad SMARTS) is 1. The van der Waals surface area contributed by atoms with Gasteiger partial charge in [0, 0.05) is 5.39 Å². The maximum Gasteiger partial charge on any atom is 0.337 e. The second-order valence-corrected chi connectivity index (χ2v) is 11.3. The third kappa shape index (κ3) is 5.35. The molecule has 7 heteroatoms. The summed E-state index contributed by atoms with van der Waals surface area (Å²) in [6.45, 7) is 0.267. The Balaban J connectivity index is 1.30. The van der Waals surface area contributed by atoms with Crippen molar-refractivity contribution in [1.29, 1.82) is 0 Å². The number of benzene rings is 6. The Morgan fingerprint density at radius 2 is 1.41 bits per heavy atom. The Hall–Kier alpha value is -5.14. The molecule has 0 aliphatic rings. The molecule has 0 saturated heterocycles. The lowest BCUT2D eigenvalue weighted by atomic mass is 9.97. The maximum atomic E-state index is 13.2. The predicted molar refractivity (Wildman–Crippen MR) is 162 cm³/mol. The summed E-state index contributed by atoms with van der Waals surface area (Å²) in [4.78, 5) is 12.3. The largest absolute Gasteiger partial charge is 0.488 e. The van der Waals surface area contributed by atoms with Crippen LogP contribution < -0.4 is 9.46 Å². The van der Waals surface area contributed by atoms with E-state index in [2.05, 4.69) is 4.72 Å². The molecule has 0 aromatic heterocycles. The molecule has 0 atom stereocenters. The third-order valence-electron chi connectivity index (χ3n) is 6.99. The molecule has 202 valence electrons. The highest BCUT2D eigenvalue weighted by Gasteiger charge is 2.20. The molecule has 0 unspecified atom stereocenters. The van der Waals surface area contributed by atoms with Gasteiger partial charge in [0.2, 0.25) is 0 Å². The number of carbonyl (C=O) groups is 1. The van der Waals surface area contributed by atoms with Gasteiger partial charge in [-0.2, -0.15) is 0 Å². The molecule has 0 aliphatic heterocycles. The number of hydrogen-bond acceptors (Lipinski definition) is 4. The van der Waals surface area contributed by atoms with Gasteiger partial charge in [0.15, 0.2) is 0 Å². The van der Waals surface area contributed by atoms with Crippen LogP contribution in [0.15, 0.2) is 132 Å². The Morgan fingerprint density at radius 3 is 2.24 bits per heavy atom. The van der Waals surface area contributed by atoms with E-state index < -0.39 is 16.0 Å². The fourth-order valence-corrected chi connectivity index (χ4v) is 6.04. The highest BCUT2D eigenvalue weighted by molar-refractivity contribution is 7.92. The van der Waals surface area contributed by atoms with Crippen LogP contribution >= 0.6 is 0 Å². The van der Waals surface area contributed by atoms with E-state index >= 15 is 0 Å². The van der Waals surface area contributed by atoms with Crippen molar-refractivity contribution in [2.45, 2.75) is 11.5 Å². The van der Waals surface area contributed by atoms with Crippen molar-refractivity contribution in [3.63, 3.8) is 0 Å². The number of aromatic carboxylic acids is 1. The van der Waals surface area contributed by atoms with E-state index in [1.54, 1.807) is 18.2 Å². The normalized spacial score (nSPS) is 11.4. The lowest BCUT2D eigenvalue weighted by Crippen LogP contribution is -2.15. The van der Waals surface area contributed by atoms with E-state index in [9.17, 15) is 18.3 Å². The van der Waals surface area contributed by atoms with Gasteiger partial charge in [-0.3, -0.25) is 4.72 Å². The van der Waals surface area contributed by atoms with Crippen molar-refractivity contribution in [1.82, 2.24) is 0 Å². The molecule has 6 rings (SSSR count). The van der Waals surface area contributed by atoms with Crippen molar-refractivity contribution in [2.24, 2.45) is 0 Å². The van der Waals surface area contributed by atoms with Crippen LogP contribution in [0.1, 0.15) is 15.9 Å². The summed E-state index contributed by atoms with van der Waals surface area (Å²) in [5.41, 5.74) is 2.11. The monoisotopic (exact) mass is 559 g/mol. The number of fused-ring (bicyclic) bond motifs is 2. The molecule has 6 nitrogen and oxygen atoms in total. The standard InChI is InChI=1S/C34H25NO5S/c36-34(37)31-21-26(17-19-32(31)35-41(38,39)28-18-16-23-8-1-2-10-25(23)20-28)29-13-5-4-11-27(29)22-40-33-15-7-12-24-9-3-6-14-30(24)33/h1-21,35H,22H2,(H,36,37). The van der Waals surface area contributed by atoms with Crippen molar-refractivity contribution in [3.8, 4) is 16.9 Å². The van der Waals surface area contributed by atoms with E-state index in [-0.39, 0.29) is 22.8 Å². The summed E-state index contributed by atoms with van der Waals surface area (Å²) >= 11 is 0. The van der Waals surface area contributed by atoms with Crippen LogP contribution in [0.25, 0.3) is 32.7 Å². The summed E-state index contributed by atoms with van der Waals surface area (Å²) in [7, 11) is -4.04. The Morgan fingerprint density at radius 1 is 0.707 bits per heavy atom. The van der Waals surface area contributed by atoms with Gasteiger partial charge < -0.3 is 9.84 Å². The summed E-state index contributed by atoms with van der Waals surface area (Å²) in [6, 6.07) is 38.4. The van der Waals surface area contributed by atoms with E-state index in [0.717, 1.165) is 38.4 Å². The van der Waals surface area contributed by atoms with E-state index in [1.807, 2.05) is 91.0 Å². The van der Waals surface area contributed by atoms with Gasteiger partial charge in [-0.15, -0.1) is 0 Å². The fraction of sp³-hybridized carbons (Fsp3) is 0.0294. The van der Waals surface area contributed by atoms with Crippen LogP contribution in [0.3, 0.4) is 0 Å². The molecule has 0 fully saturated rings. The SMILES string of the molecule is O=C(O)c1cc(-c2ccccc2COc2cccc3ccccc23)ccc1NS(=O)(=O)c1ccc2ccccc2c1. The number of carboxylic acids is 1. The molecule has 0 saturated carbocycles. The van der Waals surface area contributed by atoms with Crippen LogP contribution in [-0.2, 0) is 16.6 Å². The lowest BCUT2D eigenvalue weighted by Gasteiger charge is -2.15. The van der Waals surface area contributed by atoms with Crippen LogP contribution in [0, 0.1) is 0 Å². The van der Waals surface area contributed by atoms with Crippen molar-refractivity contribution < 1.29 is 23.1 Å². The van der Waals surface area contributed by atoms with Gasteiger partial charge in [-0.25, -0.2) is 13.2 Å². The zero-order valence-corrected chi connectivity index (χ0v) is 22.6. The second kappa shape index (κ2) is 10.8. The topological polar surface area (TPSA) is 92.7 Å². The van der Waals surface area contributed by atoms with Gasteiger partial charge in [-0.05, 0) is 63.2 Å². The highest BCUT2D eigenvalue weighted by atomic mass is 32.2. The molecule has 6 aromatic carbocycles. The summed E-state index contributed by atoms with van der Waals surface area (Å²) < 4.78 is 35.1. The minimum absolute atomic E-state index is 0.0149. The minimum Gasteiger partial charge on any atom is -0.488 e. The second-order valence-electron chi connectivity index (χ2n) is 9.60. The number of nitrogens with one attached hydrogen (secondary N) is 1. The maximum absolute atomic E-state index is 13.2. The summed E-state index contributed by atoms with van der Waals surface area (Å²) in [6.07, 6.45) is 0. The van der Waals surface area contributed by atoms with E-state index in [4.69, 9.17) is 4.74 Å². The van der Waals surface area contributed by atoms with Crippen LogP contribution in [0.4, 0.5) is 5.69 Å².